The summed E-state index contributed by atoms with van der Waals surface area (Å²) in [5.74, 6) is 0.0905. The molecule has 2 aromatic carbocycles. The average molecular weight is 368 g/mol. The summed E-state index contributed by atoms with van der Waals surface area (Å²) in [6.45, 7) is 0.296. The van der Waals surface area contributed by atoms with Crippen molar-refractivity contribution in [2.75, 3.05) is 13.2 Å². The van der Waals surface area contributed by atoms with Gasteiger partial charge in [0.05, 0.1) is 17.3 Å². The summed E-state index contributed by atoms with van der Waals surface area (Å²) < 4.78 is 10.6. The smallest absolute Gasteiger partial charge is 0.356 e. The van der Waals surface area contributed by atoms with E-state index in [-0.39, 0.29) is 18.9 Å². The highest BCUT2D eigenvalue weighted by Crippen LogP contribution is 2.20. The predicted octanol–water partition coefficient (Wildman–Crippen LogP) is 3.84. The molecule has 0 aliphatic heterocycles. The van der Waals surface area contributed by atoms with E-state index in [0.29, 0.717) is 22.0 Å². The second kappa shape index (κ2) is 8.19. The lowest BCUT2D eigenvalue weighted by Crippen LogP contribution is -2.12. The molecule has 0 unspecified atom stereocenters. The highest BCUT2D eigenvalue weighted by Gasteiger charge is 2.12. The lowest BCUT2D eigenvalue weighted by molar-refractivity contribution is 0.0443. The molecule has 3 rings (SSSR count). The molecule has 3 aromatic rings. The maximum absolute atomic E-state index is 12.0. The van der Waals surface area contributed by atoms with Crippen LogP contribution in [0.3, 0.4) is 0 Å². The van der Waals surface area contributed by atoms with Gasteiger partial charge in [0, 0.05) is 10.6 Å². The third kappa shape index (κ3) is 4.41. The van der Waals surface area contributed by atoms with Gasteiger partial charge in [-0.1, -0.05) is 23.7 Å². The van der Waals surface area contributed by atoms with Crippen molar-refractivity contribution in [1.82, 2.24) is 10.2 Å². The van der Waals surface area contributed by atoms with E-state index in [9.17, 15) is 4.79 Å². The molecule has 7 heteroatoms. The molecule has 0 saturated carbocycles. The van der Waals surface area contributed by atoms with Crippen LogP contribution in [-0.2, 0) is 4.74 Å². The molecular formula is C19H14ClN3O3. The van der Waals surface area contributed by atoms with E-state index < -0.39 is 5.97 Å². The number of aromatic amines is 1. The highest BCUT2D eigenvalue weighted by molar-refractivity contribution is 6.30. The number of aromatic nitrogens is 2. The van der Waals surface area contributed by atoms with Gasteiger partial charge in [0.1, 0.15) is 24.7 Å². The van der Waals surface area contributed by atoms with Gasteiger partial charge in [-0.15, -0.1) is 0 Å². The molecule has 0 fully saturated rings. The Balaban J connectivity index is 1.49. The van der Waals surface area contributed by atoms with Gasteiger partial charge in [0.25, 0.3) is 0 Å². The number of carbonyl (C=O) groups excluding carboxylic acids is 1. The number of ether oxygens (including phenoxy) is 2. The molecule has 26 heavy (non-hydrogen) atoms. The van der Waals surface area contributed by atoms with Gasteiger partial charge < -0.3 is 9.47 Å². The fourth-order valence-electron chi connectivity index (χ4n) is 2.19. The number of hydrogen-bond donors (Lipinski definition) is 1. The molecule has 0 bridgehead atoms. The molecule has 1 aromatic heterocycles. The van der Waals surface area contributed by atoms with Crippen molar-refractivity contribution in [3.63, 3.8) is 0 Å². The fourth-order valence-corrected chi connectivity index (χ4v) is 2.32. The van der Waals surface area contributed by atoms with Gasteiger partial charge in [-0.2, -0.15) is 10.4 Å². The summed E-state index contributed by atoms with van der Waals surface area (Å²) >= 11 is 5.86. The van der Waals surface area contributed by atoms with Crippen LogP contribution in [0.15, 0.2) is 54.6 Å². The Kier molecular flexibility index (Phi) is 5.52. The minimum Gasteiger partial charge on any atom is -0.490 e. The summed E-state index contributed by atoms with van der Waals surface area (Å²) in [6.07, 6.45) is 0. The third-order valence-electron chi connectivity index (χ3n) is 3.51. The Hall–Kier alpha value is -3.30. The van der Waals surface area contributed by atoms with Crippen LogP contribution in [0.4, 0.5) is 0 Å². The van der Waals surface area contributed by atoms with Crippen molar-refractivity contribution in [3.05, 3.63) is 70.9 Å². The van der Waals surface area contributed by atoms with Crippen LogP contribution in [0.25, 0.3) is 11.3 Å². The van der Waals surface area contributed by atoms with Gasteiger partial charge >= 0.3 is 5.97 Å². The molecule has 0 aliphatic carbocycles. The number of H-pyrrole nitrogens is 1. The van der Waals surface area contributed by atoms with Crippen molar-refractivity contribution >= 4 is 17.6 Å². The number of benzene rings is 2. The van der Waals surface area contributed by atoms with Crippen molar-refractivity contribution in [2.24, 2.45) is 0 Å². The number of rotatable bonds is 6. The quantitative estimate of drug-likeness (QED) is 0.528. The van der Waals surface area contributed by atoms with E-state index in [4.69, 9.17) is 26.3 Å². The molecule has 130 valence electrons. The van der Waals surface area contributed by atoms with E-state index in [1.54, 1.807) is 42.5 Å². The molecule has 6 nitrogen and oxygen atoms in total. The average Bonchev–Trinajstić information content (AvgIpc) is 3.16. The van der Waals surface area contributed by atoms with Crippen molar-refractivity contribution in [2.45, 2.75) is 0 Å². The first kappa shape index (κ1) is 17.5. The monoisotopic (exact) mass is 367 g/mol. The number of carbonyl (C=O) groups is 1. The van der Waals surface area contributed by atoms with Crippen LogP contribution in [0.5, 0.6) is 5.75 Å². The van der Waals surface area contributed by atoms with E-state index in [0.717, 1.165) is 5.56 Å². The summed E-state index contributed by atoms with van der Waals surface area (Å²) in [5.41, 5.74) is 2.28. The third-order valence-corrected chi connectivity index (χ3v) is 3.76. The van der Waals surface area contributed by atoms with Crippen molar-refractivity contribution in [3.8, 4) is 23.1 Å². The van der Waals surface area contributed by atoms with Crippen LogP contribution in [0.1, 0.15) is 16.1 Å². The Bertz CT molecular complexity index is 928. The first-order valence-corrected chi connectivity index (χ1v) is 8.15. The molecule has 1 N–H and O–H groups in total. The molecule has 0 aliphatic rings. The maximum atomic E-state index is 12.0. The largest absolute Gasteiger partial charge is 0.490 e. The standard InChI is InChI=1S/C19H14ClN3O3/c20-15-5-3-14(4-6-15)17-11-18(23-22-17)19(24)26-10-9-25-16-7-1-13(12-21)2-8-16/h1-8,11H,9-10H2,(H,22,23). The summed E-state index contributed by atoms with van der Waals surface area (Å²) in [5, 5.41) is 16.1. The SMILES string of the molecule is N#Cc1ccc(OCCOC(=O)c2cc(-c3ccc(Cl)cc3)n[nH]2)cc1. The van der Waals surface area contributed by atoms with Crippen molar-refractivity contribution < 1.29 is 14.3 Å². The Morgan fingerprint density at radius 1 is 1.12 bits per heavy atom. The lowest BCUT2D eigenvalue weighted by atomic mass is 10.1. The van der Waals surface area contributed by atoms with E-state index in [1.807, 2.05) is 18.2 Å². The topological polar surface area (TPSA) is 88.0 Å². The Morgan fingerprint density at radius 2 is 1.85 bits per heavy atom. The van der Waals surface area contributed by atoms with Crippen LogP contribution in [-0.4, -0.2) is 29.4 Å². The molecule has 0 saturated heterocycles. The lowest BCUT2D eigenvalue weighted by Gasteiger charge is -2.06. The van der Waals surface area contributed by atoms with Crippen LogP contribution in [0, 0.1) is 11.3 Å². The first-order chi connectivity index (χ1) is 12.7. The second-order valence-electron chi connectivity index (χ2n) is 5.29. The highest BCUT2D eigenvalue weighted by atomic mass is 35.5. The van der Waals surface area contributed by atoms with Gasteiger partial charge in [-0.3, -0.25) is 5.10 Å². The number of nitrogens with zero attached hydrogens (tertiary/aromatic N) is 2. The Morgan fingerprint density at radius 3 is 2.54 bits per heavy atom. The van der Waals surface area contributed by atoms with Crippen molar-refractivity contribution in [1.29, 1.82) is 5.26 Å². The molecule has 0 spiro atoms. The van der Waals surface area contributed by atoms with Gasteiger partial charge in [0.15, 0.2) is 0 Å². The minimum atomic E-state index is -0.513. The van der Waals surface area contributed by atoms with Gasteiger partial charge in [0.2, 0.25) is 0 Å². The summed E-state index contributed by atoms with van der Waals surface area (Å²) in [6, 6.07) is 17.5. The second-order valence-corrected chi connectivity index (χ2v) is 5.73. The van der Waals surface area contributed by atoms with Gasteiger partial charge in [-0.25, -0.2) is 4.79 Å². The fraction of sp³-hybridized carbons (Fsp3) is 0.105. The van der Waals surface area contributed by atoms with Crippen LogP contribution >= 0.6 is 11.6 Å². The molecule has 0 atom stereocenters. The zero-order chi connectivity index (χ0) is 18.4. The predicted molar refractivity (Wildman–Crippen MR) is 96.0 cm³/mol. The normalized spacial score (nSPS) is 10.2. The zero-order valence-electron chi connectivity index (χ0n) is 13.6. The van der Waals surface area contributed by atoms with Crippen LogP contribution in [0.2, 0.25) is 5.02 Å². The molecular weight excluding hydrogens is 354 g/mol. The number of nitriles is 1. The molecule has 0 radical (unpaired) electrons. The van der Waals surface area contributed by atoms with E-state index in [1.165, 1.54) is 0 Å². The summed E-state index contributed by atoms with van der Waals surface area (Å²) in [4.78, 5) is 12.0. The Labute approximate surface area is 154 Å². The van der Waals surface area contributed by atoms with E-state index in [2.05, 4.69) is 10.2 Å². The number of halogens is 1. The van der Waals surface area contributed by atoms with E-state index >= 15 is 0 Å². The minimum absolute atomic E-state index is 0.0914. The summed E-state index contributed by atoms with van der Waals surface area (Å²) in [7, 11) is 0. The van der Waals surface area contributed by atoms with Gasteiger partial charge in [-0.05, 0) is 42.5 Å². The number of hydrogen-bond acceptors (Lipinski definition) is 5. The molecule has 1 heterocycles. The zero-order valence-corrected chi connectivity index (χ0v) is 14.4. The molecule has 0 amide bonds. The number of esters is 1. The maximum Gasteiger partial charge on any atom is 0.356 e. The van der Waals surface area contributed by atoms with Crippen LogP contribution < -0.4 is 4.74 Å². The number of nitrogens with one attached hydrogen (secondary N) is 1. The first-order valence-electron chi connectivity index (χ1n) is 7.77.